The molecule has 1 aliphatic carbocycles. The Hall–Kier alpha value is -4.96. The molecule has 1 fully saturated rings. The lowest BCUT2D eigenvalue weighted by atomic mass is 9.83. The number of benzene rings is 4. The van der Waals surface area contributed by atoms with E-state index >= 15 is 0 Å². The van der Waals surface area contributed by atoms with E-state index in [1.54, 1.807) is 29.8 Å². The summed E-state index contributed by atoms with van der Waals surface area (Å²) in [6, 6.07) is 25.7. The van der Waals surface area contributed by atoms with Crippen molar-refractivity contribution in [2.24, 2.45) is 0 Å². The number of aromatic nitrogens is 2. The van der Waals surface area contributed by atoms with Gasteiger partial charge in [-0.15, -0.1) is 0 Å². The first-order chi connectivity index (χ1) is 22.6. The molecule has 7 rings (SSSR count). The maximum atomic E-state index is 14.9. The van der Waals surface area contributed by atoms with Gasteiger partial charge in [0.2, 0.25) is 5.88 Å². The number of hydrogen-bond donors (Lipinski definition) is 2. The first kappa shape index (κ1) is 30.7. The van der Waals surface area contributed by atoms with Crippen LogP contribution >= 0.6 is 0 Å². The maximum absolute atomic E-state index is 14.9. The number of aliphatic hydroxyl groups excluding tert-OH is 1. The first-order valence-corrected chi connectivity index (χ1v) is 17.2. The third-order valence-corrected chi connectivity index (χ3v) is 10.4. The van der Waals surface area contributed by atoms with E-state index < -0.39 is 27.7 Å². The standard InChI is InChI=1S/C37H34F2N4O3S/c1-24-7-17-31(21-35(24)43-23-37(44)41-47(43,45)46)42-22-34(32-18-16-30(38)20-33(32)39)40-36(42)19-25-8-10-27(11-9-25)29-14-12-28(13-15-29)26-5-3-2-4-6-26/h7-18,20-23,26,41,44H,2-6,19H2,1H3. The molecule has 0 unspecified atom stereocenters. The summed E-state index contributed by atoms with van der Waals surface area (Å²) in [6.07, 6.45) is 9.61. The molecule has 1 aromatic heterocycles. The zero-order chi connectivity index (χ0) is 32.7. The Morgan fingerprint density at radius 1 is 0.894 bits per heavy atom. The van der Waals surface area contributed by atoms with Crippen molar-refractivity contribution >= 4 is 15.9 Å². The molecule has 240 valence electrons. The second-order valence-corrected chi connectivity index (χ2v) is 13.8. The van der Waals surface area contributed by atoms with Gasteiger partial charge in [0.05, 0.1) is 17.6 Å². The summed E-state index contributed by atoms with van der Waals surface area (Å²) in [5.74, 6) is -0.685. The molecule has 47 heavy (non-hydrogen) atoms. The van der Waals surface area contributed by atoms with Crippen LogP contribution in [0.1, 0.15) is 60.5 Å². The first-order valence-electron chi connectivity index (χ1n) is 15.7. The highest BCUT2D eigenvalue weighted by molar-refractivity contribution is 7.91. The molecule has 1 aliphatic heterocycles. The minimum absolute atomic E-state index is 0.143. The summed E-state index contributed by atoms with van der Waals surface area (Å²) in [4.78, 5) is 4.77. The van der Waals surface area contributed by atoms with E-state index in [1.165, 1.54) is 49.8 Å². The van der Waals surface area contributed by atoms with Crippen LogP contribution in [0.3, 0.4) is 0 Å². The van der Waals surface area contributed by atoms with Gasteiger partial charge in [-0.3, -0.25) is 0 Å². The van der Waals surface area contributed by atoms with Gasteiger partial charge in [-0.25, -0.2) is 22.8 Å². The van der Waals surface area contributed by atoms with Gasteiger partial charge in [0.1, 0.15) is 17.5 Å². The lowest BCUT2D eigenvalue weighted by molar-refractivity contribution is 0.392. The van der Waals surface area contributed by atoms with E-state index in [0.717, 1.165) is 33.3 Å². The lowest BCUT2D eigenvalue weighted by Crippen LogP contribution is -2.30. The highest BCUT2D eigenvalue weighted by Gasteiger charge is 2.30. The average molecular weight is 653 g/mol. The minimum atomic E-state index is -4.02. The number of nitrogens with zero attached hydrogens (tertiary/aromatic N) is 3. The molecule has 2 heterocycles. The lowest BCUT2D eigenvalue weighted by Gasteiger charge is -2.22. The number of rotatable bonds is 7. The summed E-state index contributed by atoms with van der Waals surface area (Å²) < 4.78 is 58.8. The van der Waals surface area contributed by atoms with E-state index in [-0.39, 0.29) is 5.56 Å². The van der Waals surface area contributed by atoms with Crippen LogP contribution in [0.4, 0.5) is 14.5 Å². The quantitative estimate of drug-likeness (QED) is 0.185. The maximum Gasteiger partial charge on any atom is 0.330 e. The Balaban J connectivity index is 1.22. The molecule has 10 heteroatoms. The largest absolute Gasteiger partial charge is 0.493 e. The van der Waals surface area contributed by atoms with Crippen LogP contribution in [0, 0.1) is 18.6 Å². The van der Waals surface area contributed by atoms with Gasteiger partial charge in [0.25, 0.3) is 0 Å². The van der Waals surface area contributed by atoms with Crippen LogP contribution in [0.25, 0.3) is 28.1 Å². The third kappa shape index (κ3) is 6.25. The molecular formula is C37H34F2N4O3S. The predicted molar refractivity (Wildman–Crippen MR) is 179 cm³/mol. The molecule has 5 aromatic rings. The molecule has 4 aromatic carbocycles. The summed E-state index contributed by atoms with van der Waals surface area (Å²) in [5.41, 5.74) is 6.63. The number of imidazole rings is 1. The van der Waals surface area contributed by atoms with Gasteiger partial charge in [-0.1, -0.05) is 73.9 Å². The molecule has 0 saturated heterocycles. The summed E-state index contributed by atoms with van der Waals surface area (Å²) in [6.45, 7) is 1.76. The van der Waals surface area contributed by atoms with Crippen LogP contribution in [0.5, 0.6) is 0 Å². The van der Waals surface area contributed by atoms with Crippen LogP contribution in [-0.2, 0) is 16.6 Å². The van der Waals surface area contributed by atoms with Crippen LogP contribution in [0.2, 0.25) is 0 Å². The summed E-state index contributed by atoms with van der Waals surface area (Å²) in [7, 11) is -4.02. The molecule has 0 atom stereocenters. The second-order valence-electron chi connectivity index (χ2n) is 12.3. The molecule has 2 aliphatic rings. The molecule has 2 N–H and O–H groups in total. The Labute approximate surface area is 273 Å². The van der Waals surface area contributed by atoms with Gasteiger partial charge in [0.15, 0.2) is 0 Å². The molecule has 7 nitrogen and oxygen atoms in total. The number of nitrogens with one attached hydrogen (secondary N) is 1. The van der Waals surface area contributed by atoms with E-state index in [4.69, 9.17) is 4.98 Å². The van der Waals surface area contributed by atoms with Crippen molar-refractivity contribution in [2.45, 2.75) is 51.4 Å². The Bertz CT molecular complexity index is 2090. The Morgan fingerprint density at radius 2 is 1.60 bits per heavy atom. The topological polar surface area (TPSA) is 87.5 Å². The van der Waals surface area contributed by atoms with Gasteiger partial charge >= 0.3 is 10.2 Å². The molecule has 0 radical (unpaired) electrons. The molecule has 1 saturated carbocycles. The minimum Gasteiger partial charge on any atom is -0.493 e. The zero-order valence-corrected chi connectivity index (χ0v) is 26.6. The van der Waals surface area contributed by atoms with Crippen molar-refractivity contribution in [1.29, 1.82) is 0 Å². The van der Waals surface area contributed by atoms with E-state index in [9.17, 15) is 22.3 Å². The fourth-order valence-electron chi connectivity index (χ4n) is 6.55. The van der Waals surface area contributed by atoms with E-state index in [2.05, 4.69) is 41.1 Å². The van der Waals surface area contributed by atoms with Crippen molar-refractivity contribution < 1.29 is 22.3 Å². The fourth-order valence-corrected chi connectivity index (χ4v) is 7.66. The van der Waals surface area contributed by atoms with Crippen LogP contribution in [0.15, 0.2) is 103 Å². The van der Waals surface area contributed by atoms with Gasteiger partial charge in [0, 0.05) is 29.9 Å². The van der Waals surface area contributed by atoms with Crippen molar-refractivity contribution in [3.05, 3.63) is 137 Å². The SMILES string of the molecule is Cc1ccc(-n2cc(-c3ccc(F)cc3F)nc2Cc2ccc(-c3ccc(C4CCCCC4)cc3)cc2)cc1N1C=C(O)NS1(=O)=O. The summed E-state index contributed by atoms with van der Waals surface area (Å²) >= 11 is 0. The van der Waals surface area contributed by atoms with Crippen molar-refractivity contribution in [3.8, 4) is 28.1 Å². The van der Waals surface area contributed by atoms with Gasteiger partial charge in [-0.2, -0.15) is 8.42 Å². The monoisotopic (exact) mass is 652 g/mol. The summed E-state index contributed by atoms with van der Waals surface area (Å²) in [5, 5.41) is 9.87. The molecular weight excluding hydrogens is 618 g/mol. The zero-order valence-electron chi connectivity index (χ0n) is 25.8. The third-order valence-electron chi connectivity index (χ3n) is 9.06. The van der Waals surface area contributed by atoms with Crippen LogP contribution in [-0.4, -0.2) is 23.1 Å². The number of anilines is 1. The number of aryl methyl sites for hydroxylation is 1. The molecule has 0 amide bonds. The Kier molecular flexibility index (Phi) is 8.05. The number of hydrogen-bond acceptors (Lipinski definition) is 4. The molecule has 0 bridgehead atoms. The van der Waals surface area contributed by atoms with Crippen molar-refractivity contribution in [2.75, 3.05) is 4.31 Å². The Morgan fingerprint density at radius 3 is 2.26 bits per heavy atom. The highest BCUT2D eigenvalue weighted by Crippen LogP contribution is 2.34. The fraction of sp³-hybridized carbons (Fsp3) is 0.216. The number of aliphatic hydroxyl groups is 1. The smallest absolute Gasteiger partial charge is 0.330 e. The van der Waals surface area contributed by atoms with Gasteiger partial charge < -0.3 is 9.67 Å². The van der Waals surface area contributed by atoms with Crippen molar-refractivity contribution in [1.82, 2.24) is 14.3 Å². The van der Waals surface area contributed by atoms with Crippen molar-refractivity contribution in [3.63, 3.8) is 0 Å². The van der Waals surface area contributed by atoms with E-state index in [1.807, 2.05) is 18.2 Å². The highest BCUT2D eigenvalue weighted by atomic mass is 32.2. The number of halogens is 2. The van der Waals surface area contributed by atoms with E-state index in [0.29, 0.717) is 40.8 Å². The van der Waals surface area contributed by atoms with Gasteiger partial charge in [-0.05, 0) is 77.8 Å². The normalized spacial score (nSPS) is 16.2. The second kappa shape index (κ2) is 12.3. The predicted octanol–water partition coefficient (Wildman–Crippen LogP) is 8.44. The van der Waals surface area contributed by atoms with Crippen LogP contribution < -0.4 is 9.03 Å². The molecule has 0 spiro atoms. The average Bonchev–Trinajstić information content (AvgIpc) is 3.60.